The number of unbranched alkanes of at least 4 members (excludes halogenated alkanes) is 2. The lowest BCUT2D eigenvalue weighted by Crippen LogP contribution is -2.25. The molecule has 1 atom stereocenters. The molecule has 1 aromatic carbocycles. The predicted molar refractivity (Wildman–Crippen MR) is 73.3 cm³/mol. The molecule has 1 aromatic rings. The molecule has 0 heterocycles. The molecule has 0 radical (unpaired) electrons. The second kappa shape index (κ2) is 7.33. The van der Waals surface area contributed by atoms with Crippen LogP contribution >= 0.6 is 0 Å². The molecule has 2 nitrogen and oxygen atoms in total. The van der Waals surface area contributed by atoms with E-state index >= 15 is 0 Å². The van der Waals surface area contributed by atoms with E-state index in [-0.39, 0.29) is 0 Å². The van der Waals surface area contributed by atoms with Crippen LogP contribution in [0.1, 0.15) is 50.7 Å². The molecule has 0 saturated carbocycles. The van der Waals surface area contributed by atoms with Crippen LogP contribution in [-0.4, -0.2) is 11.1 Å². The first kappa shape index (κ1) is 14.0. The topological polar surface area (TPSA) is 32.3 Å². The largest absolute Gasteiger partial charge is 0.507 e. The Morgan fingerprint density at radius 3 is 2.76 bits per heavy atom. The Bertz CT molecular complexity index is 336. The van der Waals surface area contributed by atoms with E-state index in [0.717, 1.165) is 17.7 Å². The molecule has 2 heteroatoms. The zero-order valence-electron chi connectivity index (χ0n) is 11.3. The average Bonchev–Trinajstić information content (AvgIpc) is 2.31. The van der Waals surface area contributed by atoms with Gasteiger partial charge in [0.1, 0.15) is 5.75 Å². The van der Waals surface area contributed by atoms with Crippen molar-refractivity contribution in [3.05, 3.63) is 29.3 Å². The molecular formula is C15H25NO. The maximum Gasteiger partial charge on any atom is 0.122 e. The monoisotopic (exact) mass is 235 g/mol. The number of nitrogens with one attached hydrogen (secondary N) is 1. The average molecular weight is 235 g/mol. The second-order valence-electron chi connectivity index (χ2n) is 4.86. The van der Waals surface area contributed by atoms with Gasteiger partial charge in [-0.1, -0.05) is 44.4 Å². The summed E-state index contributed by atoms with van der Waals surface area (Å²) in [5.74, 6) is 0.431. The van der Waals surface area contributed by atoms with E-state index in [4.69, 9.17) is 0 Å². The van der Waals surface area contributed by atoms with Crippen molar-refractivity contribution in [2.75, 3.05) is 0 Å². The summed E-state index contributed by atoms with van der Waals surface area (Å²) in [6.07, 6.45) is 5.07. The van der Waals surface area contributed by atoms with Crippen molar-refractivity contribution in [3.8, 4) is 5.75 Å². The standard InChI is InChI=1S/C15H25NO/c1-4-5-6-9-13(3)16-11-14-10-7-8-12(2)15(14)17/h7-8,10,13,16-17H,4-6,9,11H2,1-3H3. The van der Waals surface area contributed by atoms with E-state index < -0.39 is 0 Å². The summed E-state index contributed by atoms with van der Waals surface area (Å²) < 4.78 is 0. The van der Waals surface area contributed by atoms with Gasteiger partial charge in [-0.25, -0.2) is 0 Å². The van der Waals surface area contributed by atoms with Gasteiger partial charge in [0.25, 0.3) is 0 Å². The number of aryl methyl sites for hydroxylation is 1. The first-order valence-electron chi connectivity index (χ1n) is 6.66. The molecule has 96 valence electrons. The molecule has 1 unspecified atom stereocenters. The fourth-order valence-electron chi connectivity index (χ4n) is 1.95. The molecule has 2 N–H and O–H groups in total. The molecular weight excluding hydrogens is 210 g/mol. The quantitative estimate of drug-likeness (QED) is 0.705. The number of aromatic hydroxyl groups is 1. The third-order valence-electron chi connectivity index (χ3n) is 3.20. The Balaban J connectivity index is 2.37. The lowest BCUT2D eigenvalue weighted by Gasteiger charge is -2.14. The fourth-order valence-corrected chi connectivity index (χ4v) is 1.95. The number of phenolic OH excluding ortho intramolecular Hbond substituents is 1. The first-order chi connectivity index (χ1) is 8.15. The van der Waals surface area contributed by atoms with Crippen molar-refractivity contribution >= 4 is 0 Å². The minimum Gasteiger partial charge on any atom is -0.507 e. The normalized spacial score (nSPS) is 12.6. The smallest absolute Gasteiger partial charge is 0.122 e. The van der Waals surface area contributed by atoms with Crippen molar-refractivity contribution in [3.63, 3.8) is 0 Å². The summed E-state index contributed by atoms with van der Waals surface area (Å²) in [6.45, 7) is 7.12. The van der Waals surface area contributed by atoms with Gasteiger partial charge in [0.05, 0.1) is 0 Å². The number of phenols is 1. The lowest BCUT2D eigenvalue weighted by molar-refractivity contribution is 0.447. The lowest BCUT2D eigenvalue weighted by atomic mass is 10.1. The SMILES string of the molecule is CCCCCC(C)NCc1cccc(C)c1O. The molecule has 0 aromatic heterocycles. The van der Waals surface area contributed by atoms with Gasteiger partial charge in [0, 0.05) is 18.2 Å². The van der Waals surface area contributed by atoms with Crippen LogP contribution in [0.5, 0.6) is 5.75 Å². The van der Waals surface area contributed by atoms with Crippen LogP contribution in [0, 0.1) is 6.92 Å². The van der Waals surface area contributed by atoms with Crippen LogP contribution in [0.25, 0.3) is 0 Å². The number of hydrogen-bond donors (Lipinski definition) is 2. The van der Waals surface area contributed by atoms with Crippen molar-refractivity contribution < 1.29 is 5.11 Å². The van der Waals surface area contributed by atoms with Crippen molar-refractivity contribution in [1.29, 1.82) is 0 Å². The molecule has 0 aliphatic heterocycles. The summed E-state index contributed by atoms with van der Waals surface area (Å²) in [5.41, 5.74) is 1.94. The molecule has 0 amide bonds. The summed E-state index contributed by atoms with van der Waals surface area (Å²) in [4.78, 5) is 0. The molecule has 0 aliphatic rings. The number of benzene rings is 1. The van der Waals surface area contributed by atoms with Gasteiger partial charge in [-0.15, -0.1) is 0 Å². The zero-order chi connectivity index (χ0) is 12.7. The Hall–Kier alpha value is -1.02. The maximum absolute atomic E-state index is 9.88. The molecule has 17 heavy (non-hydrogen) atoms. The summed E-state index contributed by atoms with van der Waals surface area (Å²) >= 11 is 0. The van der Waals surface area contributed by atoms with Crippen molar-refractivity contribution in [2.24, 2.45) is 0 Å². The Kier molecular flexibility index (Phi) is 6.06. The molecule has 0 spiro atoms. The highest BCUT2D eigenvalue weighted by molar-refractivity contribution is 5.39. The Labute approximate surface area is 105 Å². The van der Waals surface area contributed by atoms with Crippen LogP contribution in [0.15, 0.2) is 18.2 Å². The van der Waals surface area contributed by atoms with Crippen LogP contribution < -0.4 is 5.32 Å². The minimum absolute atomic E-state index is 0.431. The number of hydrogen-bond acceptors (Lipinski definition) is 2. The van der Waals surface area contributed by atoms with Crippen molar-refractivity contribution in [2.45, 2.75) is 59.0 Å². The highest BCUT2D eigenvalue weighted by Crippen LogP contribution is 2.21. The fraction of sp³-hybridized carbons (Fsp3) is 0.600. The molecule has 1 rings (SSSR count). The van der Waals surface area contributed by atoms with Crippen LogP contribution in [0.3, 0.4) is 0 Å². The van der Waals surface area contributed by atoms with E-state index in [1.165, 1.54) is 25.7 Å². The van der Waals surface area contributed by atoms with E-state index in [1.807, 2.05) is 25.1 Å². The highest BCUT2D eigenvalue weighted by Gasteiger charge is 2.05. The van der Waals surface area contributed by atoms with E-state index in [9.17, 15) is 5.11 Å². The third kappa shape index (κ3) is 4.78. The van der Waals surface area contributed by atoms with Gasteiger partial charge in [0.15, 0.2) is 0 Å². The van der Waals surface area contributed by atoms with Gasteiger partial charge in [-0.3, -0.25) is 0 Å². The van der Waals surface area contributed by atoms with E-state index in [1.54, 1.807) is 0 Å². The van der Waals surface area contributed by atoms with E-state index in [2.05, 4.69) is 19.2 Å². The number of rotatable bonds is 7. The summed E-state index contributed by atoms with van der Waals surface area (Å²) in [7, 11) is 0. The van der Waals surface area contributed by atoms with Crippen LogP contribution in [0.2, 0.25) is 0 Å². The van der Waals surface area contributed by atoms with E-state index in [0.29, 0.717) is 11.8 Å². The third-order valence-corrected chi connectivity index (χ3v) is 3.20. The van der Waals surface area contributed by atoms with Gasteiger partial charge in [-0.2, -0.15) is 0 Å². The van der Waals surface area contributed by atoms with Crippen LogP contribution in [-0.2, 0) is 6.54 Å². The Morgan fingerprint density at radius 2 is 2.06 bits per heavy atom. The molecule has 0 bridgehead atoms. The van der Waals surface area contributed by atoms with Crippen LogP contribution in [0.4, 0.5) is 0 Å². The summed E-state index contributed by atoms with van der Waals surface area (Å²) in [5, 5.41) is 13.4. The molecule has 0 saturated heterocycles. The van der Waals surface area contributed by atoms with Crippen molar-refractivity contribution in [1.82, 2.24) is 5.32 Å². The first-order valence-corrected chi connectivity index (χ1v) is 6.66. The minimum atomic E-state index is 0.431. The highest BCUT2D eigenvalue weighted by atomic mass is 16.3. The summed E-state index contributed by atoms with van der Waals surface area (Å²) in [6, 6.07) is 6.42. The van der Waals surface area contributed by atoms with Gasteiger partial charge in [0.2, 0.25) is 0 Å². The zero-order valence-corrected chi connectivity index (χ0v) is 11.3. The number of para-hydroxylation sites is 1. The molecule has 0 aliphatic carbocycles. The predicted octanol–water partition coefficient (Wildman–Crippen LogP) is 3.76. The molecule has 0 fully saturated rings. The second-order valence-corrected chi connectivity index (χ2v) is 4.86. The van der Waals surface area contributed by atoms with Gasteiger partial charge < -0.3 is 10.4 Å². The van der Waals surface area contributed by atoms with Gasteiger partial charge in [-0.05, 0) is 25.8 Å². The Morgan fingerprint density at radius 1 is 1.29 bits per heavy atom. The maximum atomic E-state index is 9.88. The van der Waals surface area contributed by atoms with Gasteiger partial charge >= 0.3 is 0 Å².